The molecule has 0 unspecified atom stereocenters. The maximum atomic E-state index is 10.9. The Bertz CT molecular complexity index is 813. The summed E-state index contributed by atoms with van der Waals surface area (Å²) in [5.74, 6) is 0.439. The molecule has 1 fully saturated rings. The van der Waals surface area contributed by atoms with E-state index in [9.17, 15) is 10.1 Å². The van der Waals surface area contributed by atoms with E-state index in [4.69, 9.17) is 5.26 Å². The van der Waals surface area contributed by atoms with Gasteiger partial charge in [-0.1, -0.05) is 6.07 Å². The van der Waals surface area contributed by atoms with Crippen molar-refractivity contribution in [3.63, 3.8) is 0 Å². The highest BCUT2D eigenvalue weighted by molar-refractivity contribution is 5.58. The summed E-state index contributed by atoms with van der Waals surface area (Å²) in [6, 6.07) is 8.10. The van der Waals surface area contributed by atoms with Crippen LogP contribution in [0.3, 0.4) is 0 Å². The number of nitriles is 1. The van der Waals surface area contributed by atoms with Crippen molar-refractivity contribution in [2.24, 2.45) is 0 Å². The Morgan fingerprint density at radius 1 is 1.24 bits per heavy atom. The first-order valence-electron chi connectivity index (χ1n) is 7.79. The summed E-state index contributed by atoms with van der Waals surface area (Å²) < 4.78 is 0. The van der Waals surface area contributed by atoms with Crippen molar-refractivity contribution in [3.8, 4) is 6.07 Å². The first kappa shape index (κ1) is 16.5. The average Bonchev–Trinajstić information content (AvgIpc) is 2.62. The zero-order chi connectivity index (χ0) is 17.6. The fraction of sp³-hybridized carbons (Fsp3) is 0.333. The zero-order valence-corrected chi connectivity index (χ0v) is 13.3. The van der Waals surface area contributed by atoms with Gasteiger partial charge in [0.05, 0.1) is 4.92 Å². The van der Waals surface area contributed by atoms with E-state index in [1.54, 1.807) is 12.1 Å². The van der Waals surface area contributed by atoms with Crippen LogP contribution < -0.4 is 16.0 Å². The number of hydrogen-bond acceptors (Lipinski definition) is 9. The SMILES string of the molecule is N#Cc1nc(Nc2cccc([N+](=O)[O-])c2)nc(NC2CCNCC2)n1. The van der Waals surface area contributed by atoms with E-state index in [2.05, 4.69) is 30.9 Å². The van der Waals surface area contributed by atoms with Crippen LogP contribution in [0, 0.1) is 21.4 Å². The number of anilines is 3. The molecule has 2 aromatic rings. The third kappa shape index (κ3) is 4.36. The van der Waals surface area contributed by atoms with Crippen molar-refractivity contribution < 1.29 is 4.92 Å². The molecule has 1 aliphatic rings. The van der Waals surface area contributed by atoms with Crippen molar-refractivity contribution in [2.45, 2.75) is 18.9 Å². The standard InChI is InChI=1S/C15H16N8O2/c16-9-13-20-14(18-10-4-6-17-7-5-10)22-15(21-13)19-11-2-1-3-12(8-11)23(24)25/h1-3,8,10,17H,4-7H2,(H2,18,19,20,21,22). The van der Waals surface area contributed by atoms with Crippen LogP contribution in [0.1, 0.15) is 18.7 Å². The van der Waals surface area contributed by atoms with Gasteiger partial charge < -0.3 is 16.0 Å². The smallest absolute Gasteiger partial charge is 0.271 e. The van der Waals surface area contributed by atoms with Gasteiger partial charge in [-0.25, -0.2) is 0 Å². The van der Waals surface area contributed by atoms with Crippen LogP contribution >= 0.6 is 0 Å². The number of nitrogens with one attached hydrogen (secondary N) is 3. The van der Waals surface area contributed by atoms with E-state index in [0.717, 1.165) is 25.9 Å². The van der Waals surface area contributed by atoms with Gasteiger partial charge in [-0.15, -0.1) is 0 Å². The Morgan fingerprint density at radius 3 is 2.72 bits per heavy atom. The topological polar surface area (TPSA) is 142 Å². The number of non-ortho nitro benzene ring substituents is 1. The average molecular weight is 340 g/mol. The summed E-state index contributed by atoms with van der Waals surface area (Å²) in [5, 5.41) is 29.3. The summed E-state index contributed by atoms with van der Waals surface area (Å²) in [4.78, 5) is 22.7. The maximum Gasteiger partial charge on any atom is 0.271 e. The minimum Gasteiger partial charge on any atom is -0.351 e. The van der Waals surface area contributed by atoms with Gasteiger partial charge in [-0.3, -0.25) is 10.1 Å². The van der Waals surface area contributed by atoms with Gasteiger partial charge in [-0.05, 0) is 32.0 Å². The molecule has 0 aliphatic carbocycles. The number of aromatic nitrogens is 3. The van der Waals surface area contributed by atoms with Gasteiger partial charge in [0, 0.05) is 23.9 Å². The molecule has 2 heterocycles. The predicted molar refractivity (Wildman–Crippen MR) is 90.4 cm³/mol. The molecule has 3 N–H and O–H groups in total. The fourth-order valence-corrected chi connectivity index (χ4v) is 2.52. The summed E-state index contributed by atoms with van der Waals surface area (Å²) in [6.45, 7) is 1.82. The Balaban J connectivity index is 1.81. The summed E-state index contributed by atoms with van der Waals surface area (Å²) in [5.41, 5.74) is 0.407. The second-order valence-electron chi connectivity index (χ2n) is 5.52. The van der Waals surface area contributed by atoms with Gasteiger partial charge in [0.25, 0.3) is 5.69 Å². The number of nitro groups is 1. The van der Waals surface area contributed by atoms with Crippen molar-refractivity contribution in [2.75, 3.05) is 23.7 Å². The molecule has 1 aliphatic heterocycles. The molecule has 1 saturated heterocycles. The predicted octanol–water partition coefficient (Wildman–Crippen LogP) is 1.56. The van der Waals surface area contributed by atoms with Crippen molar-refractivity contribution >= 4 is 23.3 Å². The van der Waals surface area contributed by atoms with Crippen LogP contribution in [0.5, 0.6) is 0 Å². The molecule has 1 aromatic carbocycles. The second-order valence-corrected chi connectivity index (χ2v) is 5.52. The van der Waals surface area contributed by atoms with E-state index < -0.39 is 4.92 Å². The van der Waals surface area contributed by atoms with E-state index >= 15 is 0 Å². The molecule has 0 saturated carbocycles. The third-order valence-electron chi connectivity index (χ3n) is 3.72. The van der Waals surface area contributed by atoms with Gasteiger partial charge in [-0.2, -0.15) is 20.2 Å². The normalized spacial score (nSPS) is 14.5. The van der Waals surface area contributed by atoms with Crippen LogP contribution in [0.2, 0.25) is 0 Å². The lowest BCUT2D eigenvalue weighted by molar-refractivity contribution is -0.384. The highest BCUT2D eigenvalue weighted by atomic mass is 16.6. The lowest BCUT2D eigenvalue weighted by atomic mass is 10.1. The number of piperidine rings is 1. The van der Waals surface area contributed by atoms with Crippen LogP contribution in [-0.4, -0.2) is 39.0 Å². The summed E-state index contributed by atoms with van der Waals surface area (Å²) in [7, 11) is 0. The summed E-state index contributed by atoms with van der Waals surface area (Å²) in [6.07, 6.45) is 1.86. The third-order valence-corrected chi connectivity index (χ3v) is 3.72. The Hall–Kier alpha value is -3.32. The molecule has 10 nitrogen and oxygen atoms in total. The number of benzene rings is 1. The lowest BCUT2D eigenvalue weighted by Crippen LogP contribution is -2.35. The Morgan fingerprint density at radius 2 is 2.00 bits per heavy atom. The van der Waals surface area contributed by atoms with E-state index in [-0.39, 0.29) is 23.5 Å². The quantitative estimate of drug-likeness (QED) is 0.546. The molecule has 0 bridgehead atoms. The zero-order valence-electron chi connectivity index (χ0n) is 13.3. The first-order valence-corrected chi connectivity index (χ1v) is 7.79. The molecule has 10 heteroatoms. The number of nitro benzene ring substituents is 1. The van der Waals surface area contributed by atoms with Gasteiger partial charge in [0.2, 0.25) is 17.7 Å². The highest BCUT2D eigenvalue weighted by Crippen LogP contribution is 2.20. The van der Waals surface area contributed by atoms with Gasteiger partial charge >= 0.3 is 0 Å². The Kier molecular flexibility index (Phi) is 4.96. The van der Waals surface area contributed by atoms with Crippen LogP contribution in [0.15, 0.2) is 24.3 Å². The lowest BCUT2D eigenvalue weighted by Gasteiger charge is -2.23. The number of hydrogen-bond donors (Lipinski definition) is 3. The molecule has 1 aromatic heterocycles. The van der Waals surface area contributed by atoms with E-state index in [1.165, 1.54) is 12.1 Å². The van der Waals surface area contributed by atoms with E-state index in [0.29, 0.717) is 11.6 Å². The van der Waals surface area contributed by atoms with Gasteiger partial charge in [0.15, 0.2) is 0 Å². The minimum absolute atomic E-state index is 0.0284. The molecule has 25 heavy (non-hydrogen) atoms. The molecule has 0 amide bonds. The number of rotatable bonds is 5. The van der Waals surface area contributed by atoms with Crippen molar-refractivity contribution in [1.82, 2.24) is 20.3 Å². The number of nitrogens with zero attached hydrogens (tertiary/aromatic N) is 5. The summed E-state index contributed by atoms with van der Waals surface area (Å²) >= 11 is 0. The van der Waals surface area contributed by atoms with E-state index in [1.807, 2.05) is 6.07 Å². The molecule has 128 valence electrons. The molecule has 0 spiro atoms. The van der Waals surface area contributed by atoms with Crippen molar-refractivity contribution in [3.05, 3.63) is 40.2 Å². The first-order chi connectivity index (χ1) is 12.1. The maximum absolute atomic E-state index is 10.9. The van der Waals surface area contributed by atoms with Crippen LogP contribution in [0.4, 0.5) is 23.3 Å². The van der Waals surface area contributed by atoms with Crippen molar-refractivity contribution in [1.29, 1.82) is 5.26 Å². The van der Waals surface area contributed by atoms with Gasteiger partial charge in [0.1, 0.15) is 6.07 Å². The largest absolute Gasteiger partial charge is 0.351 e. The molecular weight excluding hydrogens is 324 g/mol. The fourth-order valence-electron chi connectivity index (χ4n) is 2.52. The molecule has 3 rings (SSSR count). The van der Waals surface area contributed by atoms with Crippen LogP contribution in [0.25, 0.3) is 0 Å². The Labute approximate surface area is 143 Å². The second kappa shape index (κ2) is 7.50. The molecular formula is C15H16N8O2. The van der Waals surface area contributed by atoms with Crippen LogP contribution in [-0.2, 0) is 0 Å². The monoisotopic (exact) mass is 340 g/mol. The molecule has 0 atom stereocenters. The minimum atomic E-state index is -0.483. The highest BCUT2D eigenvalue weighted by Gasteiger charge is 2.15. The molecule has 0 radical (unpaired) electrons.